The Bertz CT molecular complexity index is 933. The second-order valence-corrected chi connectivity index (χ2v) is 9.39. The molecule has 2 aliphatic rings. The smallest absolute Gasteiger partial charge is 0.356 e. The van der Waals surface area contributed by atoms with Gasteiger partial charge in [-0.25, -0.2) is 22.7 Å². The average Bonchev–Trinajstić information content (AvgIpc) is 2.94. The number of hydrogen-bond acceptors (Lipinski definition) is 5. The van der Waals surface area contributed by atoms with Crippen LogP contribution in [-0.2, 0) is 10.0 Å². The zero-order valence-electron chi connectivity index (χ0n) is 14.6. The molecule has 0 radical (unpaired) electrons. The molecule has 0 aromatic carbocycles. The van der Waals surface area contributed by atoms with E-state index in [4.69, 9.17) is 0 Å². The number of anilines is 1. The number of halogens is 3. The number of hydrogen-bond donors (Lipinski definition) is 1. The first-order chi connectivity index (χ1) is 12.6. The number of sulfonamides is 1. The Kier molecular flexibility index (Phi) is 4.34. The summed E-state index contributed by atoms with van der Waals surface area (Å²) < 4.78 is 63.2. The van der Waals surface area contributed by atoms with Gasteiger partial charge in [-0.1, -0.05) is 0 Å². The van der Waals surface area contributed by atoms with Gasteiger partial charge in [-0.3, -0.25) is 0 Å². The van der Waals surface area contributed by atoms with E-state index in [1.165, 1.54) is 6.33 Å². The number of aromatic amines is 1. The third-order valence-corrected chi connectivity index (χ3v) is 7.55. The monoisotopic (exact) mass is 403 g/mol. The molecule has 4 rings (SSSR count). The zero-order chi connectivity index (χ0) is 19.4. The first-order valence-corrected chi connectivity index (χ1v) is 10.3. The molecule has 1 saturated heterocycles. The molecule has 0 unspecified atom stereocenters. The van der Waals surface area contributed by atoms with Gasteiger partial charge in [-0.05, 0) is 24.8 Å². The maximum atomic E-state index is 12.6. The molecule has 1 N–H and O–H groups in total. The predicted molar refractivity (Wildman–Crippen MR) is 93.7 cm³/mol. The molecule has 148 valence electrons. The first-order valence-electron chi connectivity index (χ1n) is 8.70. The van der Waals surface area contributed by atoms with Crippen molar-refractivity contribution in [3.63, 3.8) is 0 Å². The molecule has 2 aromatic heterocycles. The number of alkyl halides is 3. The number of nitrogens with one attached hydrogen (secondary N) is 1. The van der Waals surface area contributed by atoms with E-state index in [9.17, 15) is 21.6 Å². The van der Waals surface area contributed by atoms with Crippen LogP contribution >= 0.6 is 0 Å². The highest BCUT2D eigenvalue weighted by atomic mass is 32.2. The van der Waals surface area contributed by atoms with Crippen LogP contribution in [0.25, 0.3) is 11.0 Å². The van der Waals surface area contributed by atoms with Gasteiger partial charge in [-0.15, -0.1) is 0 Å². The van der Waals surface area contributed by atoms with E-state index < -0.39 is 35.2 Å². The summed E-state index contributed by atoms with van der Waals surface area (Å²) in [6, 6.07) is 2.04. The van der Waals surface area contributed by atoms with E-state index in [-0.39, 0.29) is 17.7 Å². The molecule has 7 nitrogen and oxygen atoms in total. The second kappa shape index (κ2) is 6.33. The lowest BCUT2D eigenvalue weighted by atomic mass is 9.81. The van der Waals surface area contributed by atoms with Crippen LogP contribution in [0.5, 0.6) is 0 Å². The van der Waals surface area contributed by atoms with E-state index in [1.807, 2.05) is 18.0 Å². The lowest BCUT2D eigenvalue weighted by Gasteiger charge is -2.44. The van der Waals surface area contributed by atoms with E-state index in [2.05, 4.69) is 15.0 Å². The highest BCUT2D eigenvalue weighted by Gasteiger charge is 2.51. The number of rotatable bonds is 5. The van der Waals surface area contributed by atoms with Crippen molar-refractivity contribution in [1.29, 1.82) is 0 Å². The SMILES string of the molecule is CN(c1ncnc2[nH]ccc12)[C@H]1C[C@H](CS(=O)(=O)N2CC(C(F)(F)F)C2)C1. The normalized spacial score (nSPS) is 24.6. The van der Waals surface area contributed by atoms with Crippen molar-refractivity contribution in [3.8, 4) is 0 Å². The average molecular weight is 403 g/mol. The first kappa shape index (κ1) is 18.5. The van der Waals surface area contributed by atoms with Crippen molar-refractivity contribution in [3.05, 3.63) is 18.6 Å². The summed E-state index contributed by atoms with van der Waals surface area (Å²) in [5.41, 5.74) is 0.738. The van der Waals surface area contributed by atoms with E-state index in [1.54, 1.807) is 6.20 Å². The van der Waals surface area contributed by atoms with Crippen LogP contribution in [0.1, 0.15) is 12.8 Å². The zero-order valence-corrected chi connectivity index (χ0v) is 15.5. The van der Waals surface area contributed by atoms with Crippen LogP contribution < -0.4 is 4.90 Å². The topological polar surface area (TPSA) is 82.2 Å². The third kappa shape index (κ3) is 3.38. The molecular formula is C16H20F3N5O2S. The van der Waals surface area contributed by atoms with Gasteiger partial charge in [0.25, 0.3) is 0 Å². The Morgan fingerprint density at radius 1 is 1.30 bits per heavy atom. The number of H-pyrrole nitrogens is 1. The number of fused-ring (bicyclic) bond motifs is 1. The Balaban J connectivity index is 1.33. The van der Waals surface area contributed by atoms with Gasteiger partial charge in [0.05, 0.1) is 17.1 Å². The van der Waals surface area contributed by atoms with Gasteiger partial charge < -0.3 is 9.88 Å². The van der Waals surface area contributed by atoms with Crippen molar-refractivity contribution in [1.82, 2.24) is 19.3 Å². The molecule has 1 saturated carbocycles. The highest BCUT2D eigenvalue weighted by molar-refractivity contribution is 7.89. The summed E-state index contributed by atoms with van der Waals surface area (Å²) in [7, 11) is -1.72. The minimum atomic E-state index is -4.32. The predicted octanol–water partition coefficient (Wildman–Crippen LogP) is 2.00. The Hall–Kier alpha value is -1.88. The maximum absolute atomic E-state index is 12.6. The van der Waals surface area contributed by atoms with E-state index in [0.717, 1.165) is 21.2 Å². The Morgan fingerprint density at radius 2 is 2.00 bits per heavy atom. The largest absolute Gasteiger partial charge is 0.394 e. The van der Waals surface area contributed by atoms with Gasteiger partial charge in [0, 0.05) is 32.4 Å². The number of nitrogens with zero attached hydrogens (tertiary/aromatic N) is 4. The highest BCUT2D eigenvalue weighted by Crippen LogP contribution is 2.39. The molecule has 3 heterocycles. The van der Waals surface area contributed by atoms with Crippen LogP contribution in [-0.4, -0.2) is 65.8 Å². The van der Waals surface area contributed by atoms with Gasteiger partial charge in [0.2, 0.25) is 10.0 Å². The van der Waals surface area contributed by atoms with Crippen LogP contribution in [0.4, 0.5) is 19.0 Å². The Labute approximate surface area is 154 Å². The fourth-order valence-electron chi connectivity index (χ4n) is 3.74. The van der Waals surface area contributed by atoms with Crippen molar-refractivity contribution in [2.24, 2.45) is 11.8 Å². The van der Waals surface area contributed by atoms with Crippen LogP contribution in [0.3, 0.4) is 0 Å². The summed E-state index contributed by atoms with van der Waals surface area (Å²) in [5.74, 6) is -0.890. The van der Waals surface area contributed by atoms with Crippen LogP contribution in [0.15, 0.2) is 18.6 Å². The molecule has 1 aliphatic heterocycles. The van der Waals surface area contributed by atoms with Crippen LogP contribution in [0, 0.1) is 11.8 Å². The Morgan fingerprint density at radius 3 is 2.67 bits per heavy atom. The molecular weight excluding hydrogens is 383 g/mol. The quantitative estimate of drug-likeness (QED) is 0.826. The fraction of sp³-hybridized carbons (Fsp3) is 0.625. The minimum absolute atomic E-state index is 0.0454. The molecule has 0 atom stereocenters. The summed E-state index contributed by atoms with van der Waals surface area (Å²) >= 11 is 0. The summed E-state index contributed by atoms with van der Waals surface area (Å²) in [4.78, 5) is 13.5. The van der Waals surface area contributed by atoms with Gasteiger partial charge in [0.1, 0.15) is 17.8 Å². The second-order valence-electron chi connectivity index (χ2n) is 7.37. The summed E-state index contributed by atoms with van der Waals surface area (Å²) in [6.07, 6.45) is 0.280. The van der Waals surface area contributed by atoms with Crippen molar-refractivity contribution >= 4 is 26.9 Å². The molecule has 0 bridgehead atoms. The van der Waals surface area contributed by atoms with Gasteiger partial charge >= 0.3 is 6.18 Å². The molecule has 0 amide bonds. The summed E-state index contributed by atoms with van der Waals surface area (Å²) in [6.45, 7) is -0.900. The van der Waals surface area contributed by atoms with E-state index in [0.29, 0.717) is 12.8 Å². The molecule has 27 heavy (non-hydrogen) atoms. The standard InChI is InChI=1S/C16H20F3N5O2S/c1-23(15-13-2-3-20-14(13)21-9-22-15)12-4-10(5-12)8-27(25,26)24-6-11(7-24)16(17,18)19/h2-3,9-12H,4-8H2,1H3,(H,20,21,22)/t10-,12-. The molecule has 1 aliphatic carbocycles. The fourth-order valence-corrected chi connectivity index (χ4v) is 5.63. The number of aromatic nitrogens is 3. The van der Waals surface area contributed by atoms with E-state index >= 15 is 0 Å². The molecule has 2 fully saturated rings. The lowest BCUT2D eigenvalue weighted by molar-refractivity contribution is -0.198. The van der Waals surface area contributed by atoms with Crippen LogP contribution in [0.2, 0.25) is 0 Å². The lowest BCUT2D eigenvalue weighted by Crippen LogP contribution is -2.57. The summed E-state index contributed by atoms with van der Waals surface area (Å²) in [5, 5.41) is 0.898. The minimum Gasteiger partial charge on any atom is -0.356 e. The van der Waals surface area contributed by atoms with Crippen molar-refractivity contribution in [2.45, 2.75) is 25.1 Å². The third-order valence-electron chi connectivity index (χ3n) is 5.58. The van der Waals surface area contributed by atoms with Gasteiger partial charge in [0.15, 0.2) is 0 Å². The molecule has 0 spiro atoms. The molecule has 11 heteroatoms. The maximum Gasteiger partial charge on any atom is 0.394 e. The van der Waals surface area contributed by atoms with Crippen molar-refractivity contribution in [2.75, 3.05) is 30.8 Å². The molecule has 2 aromatic rings. The van der Waals surface area contributed by atoms with Crippen molar-refractivity contribution < 1.29 is 21.6 Å². The van der Waals surface area contributed by atoms with Gasteiger partial charge in [-0.2, -0.15) is 13.2 Å².